The standard InChI is InChI=1S/C51H34N4/c1-4-14-35(15-5-1)41-30-33-46-45-22-12-13-23-47(45)55(48(46)34-41)42-31-28-40(29-32-42)51-53-49(38-18-8-3-9-19-38)52-50(54-51)39-26-24-37(25-27-39)44-21-11-10-20-43(44)36-16-6-2-7-17-36/h1-34H. The van der Waals surface area contributed by atoms with Gasteiger partial charge in [0.1, 0.15) is 0 Å². The topological polar surface area (TPSA) is 43.6 Å². The molecule has 2 heterocycles. The molecule has 0 fully saturated rings. The lowest BCUT2D eigenvalue weighted by Crippen LogP contribution is -2.00. The summed E-state index contributed by atoms with van der Waals surface area (Å²) >= 11 is 0. The molecule has 0 N–H and O–H groups in total. The first-order chi connectivity index (χ1) is 27.3. The molecule has 258 valence electrons. The molecule has 10 rings (SSSR count). The summed E-state index contributed by atoms with van der Waals surface area (Å²) in [5, 5.41) is 2.45. The smallest absolute Gasteiger partial charge is 0.164 e. The molecule has 8 aromatic carbocycles. The fourth-order valence-electron chi connectivity index (χ4n) is 7.57. The van der Waals surface area contributed by atoms with Gasteiger partial charge in [-0.05, 0) is 69.8 Å². The Balaban J connectivity index is 1.05. The number of hydrogen-bond acceptors (Lipinski definition) is 3. The van der Waals surface area contributed by atoms with Crippen LogP contribution in [0.4, 0.5) is 0 Å². The van der Waals surface area contributed by atoms with Crippen molar-refractivity contribution in [3.05, 3.63) is 206 Å². The Morgan fingerprint density at radius 3 is 1.27 bits per heavy atom. The highest BCUT2D eigenvalue weighted by Crippen LogP contribution is 2.36. The Bertz CT molecular complexity index is 2930. The van der Waals surface area contributed by atoms with Crippen molar-refractivity contribution < 1.29 is 0 Å². The molecule has 0 spiro atoms. The SMILES string of the molecule is c1ccc(-c2ccc3c4ccccc4n(-c4ccc(-c5nc(-c6ccccc6)nc(-c6ccc(-c7ccccc7-c7ccccc7)cc6)n5)cc4)c3c2)cc1. The van der Waals surface area contributed by atoms with Crippen molar-refractivity contribution in [2.75, 3.05) is 0 Å². The van der Waals surface area contributed by atoms with E-state index in [2.05, 4.69) is 180 Å². The van der Waals surface area contributed by atoms with Gasteiger partial charge in [-0.3, -0.25) is 0 Å². The minimum absolute atomic E-state index is 0.627. The van der Waals surface area contributed by atoms with Crippen molar-refractivity contribution >= 4 is 21.8 Å². The van der Waals surface area contributed by atoms with Crippen molar-refractivity contribution in [2.24, 2.45) is 0 Å². The second-order valence-corrected chi connectivity index (χ2v) is 13.7. The van der Waals surface area contributed by atoms with Crippen molar-refractivity contribution in [1.82, 2.24) is 19.5 Å². The first-order valence-electron chi connectivity index (χ1n) is 18.5. The minimum Gasteiger partial charge on any atom is -0.309 e. The van der Waals surface area contributed by atoms with Gasteiger partial charge in [-0.2, -0.15) is 0 Å². The third-order valence-electron chi connectivity index (χ3n) is 10.3. The van der Waals surface area contributed by atoms with Crippen LogP contribution in [0.1, 0.15) is 0 Å². The van der Waals surface area contributed by atoms with Gasteiger partial charge in [0.15, 0.2) is 17.5 Å². The summed E-state index contributed by atoms with van der Waals surface area (Å²) in [4.78, 5) is 15.1. The fourth-order valence-corrected chi connectivity index (χ4v) is 7.57. The van der Waals surface area contributed by atoms with Crippen molar-refractivity contribution in [3.63, 3.8) is 0 Å². The van der Waals surface area contributed by atoms with Gasteiger partial charge in [-0.15, -0.1) is 0 Å². The maximum atomic E-state index is 5.08. The van der Waals surface area contributed by atoms with Gasteiger partial charge in [0, 0.05) is 33.2 Å². The Hall–Kier alpha value is -7.43. The van der Waals surface area contributed by atoms with Crippen LogP contribution < -0.4 is 0 Å². The second kappa shape index (κ2) is 13.8. The fraction of sp³-hybridized carbons (Fsp3) is 0. The highest BCUT2D eigenvalue weighted by atomic mass is 15.0. The molecule has 0 bridgehead atoms. The van der Waals surface area contributed by atoms with E-state index in [1.165, 1.54) is 49.6 Å². The monoisotopic (exact) mass is 702 g/mol. The number of rotatable bonds is 7. The molecule has 10 aromatic rings. The summed E-state index contributed by atoms with van der Waals surface area (Å²) in [6.07, 6.45) is 0. The average Bonchev–Trinajstić information content (AvgIpc) is 3.61. The molecule has 0 saturated carbocycles. The van der Waals surface area contributed by atoms with Gasteiger partial charge >= 0.3 is 0 Å². The van der Waals surface area contributed by atoms with Gasteiger partial charge < -0.3 is 4.57 Å². The van der Waals surface area contributed by atoms with Crippen molar-refractivity contribution in [3.8, 4) is 73.2 Å². The number of hydrogen-bond donors (Lipinski definition) is 0. The number of nitrogens with zero attached hydrogens (tertiary/aromatic N) is 4. The molecule has 4 nitrogen and oxygen atoms in total. The van der Waals surface area contributed by atoms with Crippen molar-refractivity contribution in [2.45, 2.75) is 0 Å². The maximum absolute atomic E-state index is 5.08. The number of para-hydroxylation sites is 1. The van der Waals surface area contributed by atoms with E-state index in [9.17, 15) is 0 Å². The van der Waals surface area contributed by atoms with Gasteiger partial charge in [-0.1, -0.05) is 170 Å². The van der Waals surface area contributed by atoms with Crippen LogP contribution in [0.2, 0.25) is 0 Å². The Kier molecular flexibility index (Phi) is 8.12. The predicted octanol–water partition coefficient (Wildman–Crippen LogP) is 13.0. The zero-order valence-electron chi connectivity index (χ0n) is 29.9. The molecule has 0 saturated heterocycles. The molecule has 0 amide bonds. The lowest BCUT2D eigenvalue weighted by atomic mass is 9.94. The van der Waals surface area contributed by atoms with E-state index in [4.69, 9.17) is 15.0 Å². The largest absolute Gasteiger partial charge is 0.309 e. The Labute approximate surface area is 319 Å². The van der Waals surface area contributed by atoms with E-state index in [0.717, 1.165) is 27.9 Å². The lowest BCUT2D eigenvalue weighted by molar-refractivity contribution is 1.07. The van der Waals surface area contributed by atoms with Crippen LogP contribution in [0.15, 0.2) is 206 Å². The lowest BCUT2D eigenvalue weighted by Gasteiger charge is -2.12. The third-order valence-corrected chi connectivity index (χ3v) is 10.3. The summed E-state index contributed by atoms with van der Waals surface area (Å²) in [5.41, 5.74) is 13.3. The molecule has 0 aliphatic carbocycles. The van der Waals surface area contributed by atoms with Crippen LogP contribution in [0.25, 0.3) is 95.0 Å². The molecule has 4 heteroatoms. The van der Waals surface area contributed by atoms with E-state index in [1.54, 1.807) is 0 Å². The molecule has 55 heavy (non-hydrogen) atoms. The highest BCUT2D eigenvalue weighted by Gasteiger charge is 2.16. The predicted molar refractivity (Wildman–Crippen MR) is 227 cm³/mol. The highest BCUT2D eigenvalue weighted by molar-refractivity contribution is 6.10. The van der Waals surface area contributed by atoms with Crippen LogP contribution in [0.5, 0.6) is 0 Å². The number of benzene rings is 8. The first kappa shape index (κ1) is 32.2. The van der Waals surface area contributed by atoms with Crippen LogP contribution in [-0.4, -0.2) is 19.5 Å². The minimum atomic E-state index is 0.627. The van der Waals surface area contributed by atoms with E-state index in [-0.39, 0.29) is 0 Å². The summed E-state index contributed by atoms with van der Waals surface area (Å²) in [7, 11) is 0. The van der Waals surface area contributed by atoms with Crippen LogP contribution in [-0.2, 0) is 0 Å². The Morgan fingerprint density at radius 1 is 0.273 bits per heavy atom. The quantitative estimate of drug-likeness (QED) is 0.166. The molecule has 0 aliphatic heterocycles. The van der Waals surface area contributed by atoms with E-state index in [1.807, 2.05) is 30.3 Å². The van der Waals surface area contributed by atoms with E-state index >= 15 is 0 Å². The number of aromatic nitrogens is 4. The summed E-state index contributed by atoms with van der Waals surface area (Å²) < 4.78 is 2.35. The normalized spacial score (nSPS) is 11.3. The van der Waals surface area contributed by atoms with Crippen LogP contribution in [0, 0.1) is 0 Å². The molecule has 0 aliphatic rings. The summed E-state index contributed by atoms with van der Waals surface area (Å²) in [6.45, 7) is 0. The zero-order valence-corrected chi connectivity index (χ0v) is 29.9. The number of fused-ring (bicyclic) bond motifs is 3. The molecule has 0 radical (unpaired) electrons. The molecule has 0 atom stereocenters. The second-order valence-electron chi connectivity index (χ2n) is 13.7. The molecule has 0 unspecified atom stereocenters. The van der Waals surface area contributed by atoms with Crippen molar-refractivity contribution in [1.29, 1.82) is 0 Å². The van der Waals surface area contributed by atoms with Gasteiger partial charge in [0.05, 0.1) is 11.0 Å². The van der Waals surface area contributed by atoms with Crippen LogP contribution >= 0.6 is 0 Å². The average molecular weight is 703 g/mol. The van der Waals surface area contributed by atoms with E-state index < -0.39 is 0 Å². The summed E-state index contributed by atoms with van der Waals surface area (Å²) in [6, 6.07) is 72.2. The third kappa shape index (κ3) is 6.06. The van der Waals surface area contributed by atoms with Crippen LogP contribution in [0.3, 0.4) is 0 Å². The molecular formula is C51H34N4. The van der Waals surface area contributed by atoms with Gasteiger partial charge in [0.25, 0.3) is 0 Å². The van der Waals surface area contributed by atoms with E-state index in [0.29, 0.717) is 17.5 Å². The zero-order chi connectivity index (χ0) is 36.6. The molecular weight excluding hydrogens is 669 g/mol. The summed E-state index contributed by atoms with van der Waals surface area (Å²) in [5.74, 6) is 1.90. The maximum Gasteiger partial charge on any atom is 0.164 e. The molecule has 2 aromatic heterocycles. The first-order valence-corrected chi connectivity index (χ1v) is 18.5. The van der Waals surface area contributed by atoms with Gasteiger partial charge in [0.2, 0.25) is 0 Å². The Morgan fingerprint density at radius 2 is 0.673 bits per heavy atom. The van der Waals surface area contributed by atoms with Gasteiger partial charge in [-0.25, -0.2) is 15.0 Å².